The first-order valence-corrected chi connectivity index (χ1v) is 12.1. The quantitative estimate of drug-likeness (QED) is 0.464. The van der Waals surface area contributed by atoms with Crippen LogP contribution in [0.2, 0.25) is 0 Å². The standard InChI is InChI=1S/C24H23N5O5S/c1-13-6-18(22(33)25-10-13)26-23(34)19-8-15-7-17(30)3-2-14(15)12-29(19)20(31)9-16-11-28-4-5-35-24(28)27-21(16)32/h2-3,6-7,10-11,19,30H,4-5,8-9,12H2,1H3,(H,25,33)(H,26,34). The van der Waals surface area contributed by atoms with Crippen LogP contribution in [0, 0.1) is 6.92 Å². The van der Waals surface area contributed by atoms with Gasteiger partial charge in [0, 0.05) is 43.2 Å². The topological polar surface area (TPSA) is 137 Å². The van der Waals surface area contributed by atoms with Crippen molar-refractivity contribution in [3.05, 3.63) is 79.6 Å². The molecule has 0 saturated carbocycles. The molecule has 0 spiro atoms. The fourth-order valence-electron chi connectivity index (χ4n) is 4.38. The largest absolute Gasteiger partial charge is 0.508 e. The minimum Gasteiger partial charge on any atom is -0.508 e. The van der Waals surface area contributed by atoms with Gasteiger partial charge in [-0.3, -0.25) is 19.2 Å². The Hall–Kier alpha value is -3.86. The average molecular weight is 494 g/mol. The molecule has 4 heterocycles. The summed E-state index contributed by atoms with van der Waals surface area (Å²) in [5, 5.41) is 13.2. The molecule has 35 heavy (non-hydrogen) atoms. The number of hydrogen-bond acceptors (Lipinski definition) is 7. The van der Waals surface area contributed by atoms with Crippen LogP contribution in [0.4, 0.5) is 5.69 Å². The van der Waals surface area contributed by atoms with E-state index in [9.17, 15) is 24.3 Å². The third kappa shape index (κ3) is 4.59. The van der Waals surface area contributed by atoms with E-state index in [1.807, 2.05) is 4.57 Å². The average Bonchev–Trinajstić information content (AvgIpc) is 3.27. The number of hydrogen-bond donors (Lipinski definition) is 3. The fourth-order valence-corrected chi connectivity index (χ4v) is 5.31. The van der Waals surface area contributed by atoms with Crippen LogP contribution in [0.1, 0.15) is 22.3 Å². The number of nitrogens with one attached hydrogen (secondary N) is 2. The number of phenols is 1. The molecule has 1 atom stereocenters. The van der Waals surface area contributed by atoms with Crippen LogP contribution in [0.25, 0.3) is 0 Å². The number of H-pyrrole nitrogens is 1. The molecule has 3 aromatic rings. The zero-order valence-corrected chi connectivity index (χ0v) is 19.7. The van der Waals surface area contributed by atoms with Crippen molar-refractivity contribution in [3.63, 3.8) is 0 Å². The van der Waals surface area contributed by atoms with Gasteiger partial charge in [-0.15, -0.1) is 0 Å². The highest BCUT2D eigenvalue weighted by Crippen LogP contribution is 2.28. The van der Waals surface area contributed by atoms with Crippen molar-refractivity contribution in [3.8, 4) is 5.75 Å². The van der Waals surface area contributed by atoms with E-state index in [-0.39, 0.29) is 36.4 Å². The van der Waals surface area contributed by atoms with Crippen LogP contribution in [0.15, 0.2) is 51.4 Å². The van der Waals surface area contributed by atoms with Crippen molar-refractivity contribution in [1.29, 1.82) is 0 Å². The summed E-state index contributed by atoms with van der Waals surface area (Å²) in [5.74, 6) is -0.0383. The van der Waals surface area contributed by atoms with E-state index in [1.54, 1.807) is 31.3 Å². The maximum atomic E-state index is 13.4. The molecule has 2 aliphatic heterocycles. The van der Waals surface area contributed by atoms with Crippen molar-refractivity contribution < 1.29 is 14.7 Å². The lowest BCUT2D eigenvalue weighted by Crippen LogP contribution is -2.51. The summed E-state index contributed by atoms with van der Waals surface area (Å²) in [6.07, 6.45) is 3.16. The number of phenolic OH excluding ortho intramolecular Hbond substituents is 1. The second-order valence-corrected chi connectivity index (χ2v) is 9.74. The molecule has 5 rings (SSSR count). The van der Waals surface area contributed by atoms with Gasteiger partial charge in [-0.05, 0) is 41.8 Å². The van der Waals surface area contributed by atoms with E-state index < -0.39 is 29.0 Å². The fraction of sp³-hybridized carbons (Fsp3) is 0.292. The summed E-state index contributed by atoms with van der Waals surface area (Å²) in [4.78, 5) is 59.5. The van der Waals surface area contributed by atoms with Gasteiger partial charge in [-0.1, -0.05) is 17.8 Å². The summed E-state index contributed by atoms with van der Waals surface area (Å²) in [6, 6.07) is 5.44. The van der Waals surface area contributed by atoms with E-state index in [0.717, 1.165) is 22.4 Å². The summed E-state index contributed by atoms with van der Waals surface area (Å²) < 4.78 is 1.86. The van der Waals surface area contributed by atoms with Gasteiger partial charge >= 0.3 is 0 Å². The maximum Gasteiger partial charge on any atom is 0.277 e. The van der Waals surface area contributed by atoms with Crippen LogP contribution in [-0.2, 0) is 35.5 Å². The molecule has 0 bridgehead atoms. The molecular formula is C24H23N5O5S. The Morgan fingerprint density at radius 1 is 1.26 bits per heavy atom. The van der Waals surface area contributed by atoms with Gasteiger partial charge < -0.3 is 24.9 Å². The molecule has 2 amide bonds. The van der Waals surface area contributed by atoms with Gasteiger partial charge in [0.2, 0.25) is 11.8 Å². The van der Waals surface area contributed by atoms with E-state index in [4.69, 9.17) is 0 Å². The number of nitrogens with zero attached hydrogens (tertiary/aromatic N) is 3. The van der Waals surface area contributed by atoms with Gasteiger partial charge in [0.05, 0.1) is 6.42 Å². The summed E-state index contributed by atoms with van der Waals surface area (Å²) in [7, 11) is 0. The number of thioether (sulfide) groups is 1. The maximum absolute atomic E-state index is 13.4. The second-order valence-electron chi connectivity index (χ2n) is 8.68. The number of anilines is 1. The SMILES string of the molecule is Cc1c[nH]c(=O)c(NC(=O)C2Cc3cc(O)ccc3CN2C(=O)Cc2cn3c(nc2=O)SCC3)c1. The molecule has 10 nitrogen and oxygen atoms in total. The molecule has 0 radical (unpaired) electrons. The van der Waals surface area contributed by atoms with Crippen LogP contribution in [0.3, 0.4) is 0 Å². The third-order valence-electron chi connectivity index (χ3n) is 6.18. The highest BCUT2D eigenvalue weighted by Gasteiger charge is 2.35. The second kappa shape index (κ2) is 9.06. The van der Waals surface area contributed by atoms with Crippen molar-refractivity contribution in [2.24, 2.45) is 0 Å². The number of aromatic amines is 1. The molecule has 2 aliphatic rings. The summed E-state index contributed by atoms with van der Waals surface area (Å²) in [5.41, 5.74) is 1.75. The first kappa shape index (κ1) is 22.9. The number of carbonyl (C=O) groups is 2. The number of aromatic nitrogens is 3. The number of amides is 2. The Labute approximate surface area is 204 Å². The highest BCUT2D eigenvalue weighted by molar-refractivity contribution is 7.99. The zero-order chi connectivity index (χ0) is 24.7. The number of fused-ring (bicyclic) bond motifs is 2. The lowest BCUT2D eigenvalue weighted by Gasteiger charge is -2.36. The van der Waals surface area contributed by atoms with Crippen molar-refractivity contribution in [1.82, 2.24) is 19.4 Å². The first-order valence-electron chi connectivity index (χ1n) is 11.1. The van der Waals surface area contributed by atoms with Gasteiger partial charge in [0.25, 0.3) is 11.1 Å². The van der Waals surface area contributed by atoms with Crippen molar-refractivity contribution >= 4 is 29.3 Å². The molecule has 1 unspecified atom stereocenters. The van der Waals surface area contributed by atoms with Gasteiger partial charge in [0.1, 0.15) is 17.5 Å². The lowest BCUT2D eigenvalue weighted by molar-refractivity contribution is -0.139. The van der Waals surface area contributed by atoms with Crippen molar-refractivity contribution in [2.75, 3.05) is 11.1 Å². The molecule has 1 aromatic carbocycles. The van der Waals surface area contributed by atoms with Crippen LogP contribution in [-0.4, -0.2) is 48.2 Å². The van der Waals surface area contributed by atoms with Crippen LogP contribution >= 0.6 is 11.8 Å². The summed E-state index contributed by atoms with van der Waals surface area (Å²) >= 11 is 1.49. The number of benzene rings is 1. The molecular weight excluding hydrogens is 470 g/mol. The molecule has 2 aromatic heterocycles. The van der Waals surface area contributed by atoms with Gasteiger partial charge in [-0.2, -0.15) is 4.98 Å². The summed E-state index contributed by atoms with van der Waals surface area (Å²) in [6.45, 7) is 2.63. The number of carbonyl (C=O) groups excluding carboxylic acids is 2. The Morgan fingerprint density at radius 2 is 2.09 bits per heavy atom. The number of aryl methyl sites for hydroxylation is 2. The smallest absolute Gasteiger partial charge is 0.277 e. The van der Waals surface area contributed by atoms with E-state index in [0.29, 0.717) is 11.7 Å². The molecule has 0 fully saturated rings. The van der Waals surface area contributed by atoms with Gasteiger partial charge in [0.15, 0.2) is 5.16 Å². The molecule has 0 saturated heterocycles. The predicted octanol–water partition coefficient (Wildman–Crippen LogP) is 1.19. The Kier molecular flexibility index (Phi) is 5.93. The van der Waals surface area contributed by atoms with E-state index in [2.05, 4.69) is 15.3 Å². The number of pyridine rings is 1. The lowest BCUT2D eigenvalue weighted by atomic mass is 9.92. The monoisotopic (exact) mass is 493 g/mol. The molecule has 3 N–H and O–H groups in total. The zero-order valence-electron chi connectivity index (χ0n) is 18.9. The Balaban J connectivity index is 1.45. The Morgan fingerprint density at radius 3 is 2.91 bits per heavy atom. The van der Waals surface area contributed by atoms with Crippen LogP contribution < -0.4 is 16.4 Å². The van der Waals surface area contributed by atoms with Gasteiger partial charge in [-0.25, -0.2) is 0 Å². The molecule has 180 valence electrons. The van der Waals surface area contributed by atoms with E-state index in [1.165, 1.54) is 28.9 Å². The van der Waals surface area contributed by atoms with Crippen molar-refractivity contribution in [2.45, 2.75) is 44.1 Å². The third-order valence-corrected chi connectivity index (χ3v) is 7.15. The first-order chi connectivity index (χ1) is 16.8. The number of aromatic hydroxyl groups is 1. The predicted molar refractivity (Wildman–Crippen MR) is 130 cm³/mol. The minimum absolute atomic E-state index is 0.0629. The normalized spacial score (nSPS) is 16.5. The molecule has 0 aliphatic carbocycles. The van der Waals surface area contributed by atoms with E-state index >= 15 is 0 Å². The highest BCUT2D eigenvalue weighted by atomic mass is 32.2. The van der Waals surface area contributed by atoms with Crippen LogP contribution in [0.5, 0.6) is 5.75 Å². The number of rotatable bonds is 4. The Bertz CT molecular complexity index is 1460. The minimum atomic E-state index is -0.933. The molecule has 11 heteroatoms.